The Bertz CT molecular complexity index is 930. The molecule has 1 amide bonds. The van der Waals surface area contributed by atoms with Crippen molar-refractivity contribution in [3.63, 3.8) is 0 Å². The van der Waals surface area contributed by atoms with E-state index in [0.29, 0.717) is 12.0 Å². The highest BCUT2D eigenvalue weighted by atomic mass is 16.3. The molecule has 1 aliphatic carbocycles. The lowest BCUT2D eigenvalue weighted by atomic mass is 10.1. The van der Waals surface area contributed by atoms with Crippen molar-refractivity contribution in [1.82, 2.24) is 20.1 Å². The maximum absolute atomic E-state index is 12.3. The van der Waals surface area contributed by atoms with Crippen LogP contribution in [-0.2, 0) is 11.8 Å². The first-order valence-electron chi connectivity index (χ1n) is 7.55. The van der Waals surface area contributed by atoms with E-state index in [1.165, 1.54) is 7.05 Å². The summed E-state index contributed by atoms with van der Waals surface area (Å²) in [6.07, 6.45) is 5.43. The Balaban J connectivity index is 2.20. The number of nitrogens with one attached hydrogen (secondary N) is 1. The summed E-state index contributed by atoms with van der Waals surface area (Å²) in [5.41, 5.74) is 0.723. The molecule has 0 unspecified atom stereocenters. The van der Waals surface area contributed by atoms with Crippen LogP contribution in [-0.4, -0.2) is 38.6 Å². The standard InChI is InChI=1S/C16H16N4O4/c1-20-14-10(8-11(18-19-14)9-4-2-3-5-9)13(22)12(16(20)24)15(23)17-6-7-21/h4,7-8,22H,2-3,5-6H2,1H3,(H,17,23). The molecule has 124 valence electrons. The van der Waals surface area contributed by atoms with Gasteiger partial charge in [0, 0.05) is 7.05 Å². The molecule has 0 radical (unpaired) electrons. The van der Waals surface area contributed by atoms with Gasteiger partial charge in [0.15, 0.2) is 5.65 Å². The van der Waals surface area contributed by atoms with E-state index in [2.05, 4.69) is 21.6 Å². The smallest absolute Gasteiger partial charge is 0.268 e. The average Bonchev–Trinajstić information content (AvgIpc) is 3.12. The van der Waals surface area contributed by atoms with Crippen molar-refractivity contribution in [3.8, 4) is 5.75 Å². The molecule has 0 atom stereocenters. The van der Waals surface area contributed by atoms with Gasteiger partial charge in [-0.25, -0.2) is 0 Å². The number of carbonyl (C=O) groups is 2. The van der Waals surface area contributed by atoms with Gasteiger partial charge in [0.2, 0.25) is 0 Å². The number of nitrogens with zero attached hydrogens (tertiary/aromatic N) is 3. The molecule has 8 nitrogen and oxygen atoms in total. The molecule has 0 aromatic carbocycles. The third-order valence-electron chi connectivity index (χ3n) is 4.05. The lowest BCUT2D eigenvalue weighted by molar-refractivity contribution is -0.107. The second-order valence-electron chi connectivity index (χ2n) is 5.55. The van der Waals surface area contributed by atoms with E-state index in [0.717, 1.165) is 29.4 Å². The largest absolute Gasteiger partial charge is 0.506 e. The predicted molar refractivity (Wildman–Crippen MR) is 86.7 cm³/mol. The van der Waals surface area contributed by atoms with Crippen molar-refractivity contribution < 1.29 is 14.7 Å². The lowest BCUT2D eigenvalue weighted by Gasteiger charge is -2.11. The van der Waals surface area contributed by atoms with Crippen molar-refractivity contribution >= 4 is 28.8 Å². The van der Waals surface area contributed by atoms with Gasteiger partial charge in [0.05, 0.1) is 17.6 Å². The second-order valence-corrected chi connectivity index (χ2v) is 5.55. The Morgan fingerprint density at radius 3 is 2.92 bits per heavy atom. The van der Waals surface area contributed by atoms with E-state index >= 15 is 0 Å². The van der Waals surface area contributed by atoms with Gasteiger partial charge in [-0.2, -0.15) is 0 Å². The topological polar surface area (TPSA) is 114 Å². The van der Waals surface area contributed by atoms with E-state index in [-0.39, 0.29) is 17.6 Å². The average molecular weight is 328 g/mol. The molecule has 2 aromatic rings. The number of amides is 1. The van der Waals surface area contributed by atoms with Gasteiger partial charge in [-0.05, 0) is 30.9 Å². The molecule has 1 aliphatic rings. The highest BCUT2D eigenvalue weighted by Gasteiger charge is 2.22. The molecule has 0 fully saturated rings. The number of aryl methyl sites for hydroxylation is 1. The van der Waals surface area contributed by atoms with Crippen LogP contribution in [0.2, 0.25) is 0 Å². The second kappa shape index (κ2) is 6.23. The first kappa shape index (κ1) is 15.9. The Morgan fingerprint density at radius 1 is 1.46 bits per heavy atom. The van der Waals surface area contributed by atoms with Gasteiger partial charge >= 0.3 is 0 Å². The summed E-state index contributed by atoms with van der Waals surface area (Å²) in [7, 11) is 1.45. The predicted octanol–water partition coefficient (Wildman–Crippen LogP) is 0.530. The first-order chi connectivity index (χ1) is 11.5. The van der Waals surface area contributed by atoms with Gasteiger partial charge in [0.25, 0.3) is 11.5 Å². The summed E-state index contributed by atoms with van der Waals surface area (Å²) in [5.74, 6) is -1.26. The maximum atomic E-state index is 12.3. The van der Waals surface area contributed by atoms with E-state index in [1.54, 1.807) is 6.07 Å². The van der Waals surface area contributed by atoms with E-state index in [1.807, 2.05) is 0 Å². The van der Waals surface area contributed by atoms with Crippen LogP contribution >= 0.6 is 0 Å². The van der Waals surface area contributed by atoms with Crippen molar-refractivity contribution in [3.05, 3.63) is 33.8 Å². The van der Waals surface area contributed by atoms with Gasteiger partial charge < -0.3 is 15.2 Å². The van der Waals surface area contributed by atoms with Gasteiger partial charge in [-0.3, -0.25) is 14.2 Å². The number of carbonyl (C=O) groups excluding carboxylic acids is 2. The van der Waals surface area contributed by atoms with Gasteiger partial charge in [-0.1, -0.05) is 6.08 Å². The van der Waals surface area contributed by atoms with Crippen LogP contribution in [0.3, 0.4) is 0 Å². The Hall–Kier alpha value is -3.03. The van der Waals surface area contributed by atoms with Crippen molar-refractivity contribution in [1.29, 1.82) is 0 Å². The normalized spacial score (nSPS) is 13.8. The zero-order valence-corrected chi connectivity index (χ0v) is 13.1. The molecular weight excluding hydrogens is 312 g/mol. The lowest BCUT2D eigenvalue weighted by Crippen LogP contribution is -2.33. The zero-order valence-electron chi connectivity index (χ0n) is 13.1. The molecule has 0 saturated carbocycles. The molecule has 0 aliphatic heterocycles. The molecule has 0 bridgehead atoms. The summed E-state index contributed by atoms with van der Waals surface area (Å²) < 4.78 is 1.16. The number of rotatable bonds is 4. The minimum atomic E-state index is -0.805. The molecule has 2 aromatic heterocycles. The van der Waals surface area contributed by atoms with Crippen LogP contribution < -0.4 is 10.9 Å². The SMILES string of the molecule is Cn1c(=O)c(C(=O)NCC=O)c(O)c2cc(C3=CCCC3)nnc21. The molecule has 2 heterocycles. The molecule has 3 rings (SSSR count). The number of allylic oxidation sites excluding steroid dienone is 2. The van der Waals surface area contributed by atoms with Crippen molar-refractivity contribution in [2.75, 3.05) is 6.54 Å². The van der Waals surface area contributed by atoms with Crippen LogP contribution in [0, 0.1) is 0 Å². The van der Waals surface area contributed by atoms with Gasteiger partial charge in [0.1, 0.15) is 17.6 Å². The van der Waals surface area contributed by atoms with Crippen LogP contribution in [0.15, 0.2) is 16.9 Å². The molecule has 24 heavy (non-hydrogen) atoms. The van der Waals surface area contributed by atoms with E-state index < -0.39 is 22.8 Å². The van der Waals surface area contributed by atoms with E-state index in [4.69, 9.17) is 0 Å². The summed E-state index contributed by atoms with van der Waals surface area (Å²) in [6.45, 7) is -0.244. The monoisotopic (exact) mass is 328 g/mol. The summed E-state index contributed by atoms with van der Waals surface area (Å²) in [5, 5.41) is 21.1. The summed E-state index contributed by atoms with van der Waals surface area (Å²) >= 11 is 0. The minimum absolute atomic E-state index is 0.187. The highest BCUT2D eigenvalue weighted by Crippen LogP contribution is 2.30. The van der Waals surface area contributed by atoms with Crippen molar-refractivity contribution in [2.45, 2.75) is 19.3 Å². The fourth-order valence-corrected chi connectivity index (χ4v) is 2.79. The molecule has 2 N–H and O–H groups in total. The zero-order chi connectivity index (χ0) is 17.3. The first-order valence-corrected chi connectivity index (χ1v) is 7.55. The van der Waals surface area contributed by atoms with Crippen LogP contribution in [0.5, 0.6) is 5.75 Å². The summed E-state index contributed by atoms with van der Waals surface area (Å²) in [6, 6.07) is 1.63. The maximum Gasteiger partial charge on any atom is 0.268 e. The fourth-order valence-electron chi connectivity index (χ4n) is 2.79. The Kier molecular flexibility index (Phi) is 4.11. The third kappa shape index (κ3) is 2.55. The number of aldehydes is 1. The van der Waals surface area contributed by atoms with Crippen molar-refractivity contribution in [2.24, 2.45) is 7.05 Å². The molecule has 0 spiro atoms. The van der Waals surface area contributed by atoms with Crippen LogP contribution in [0.25, 0.3) is 16.6 Å². The molecule has 0 saturated heterocycles. The number of fused-ring (bicyclic) bond motifs is 1. The number of aromatic nitrogens is 3. The summed E-state index contributed by atoms with van der Waals surface area (Å²) in [4.78, 5) is 34.8. The number of hydrogen-bond acceptors (Lipinski definition) is 6. The highest BCUT2D eigenvalue weighted by molar-refractivity contribution is 6.02. The fraction of sp³-hybridized carbons (Fsp3) is 0.312. The minimum Gasteiger partial charge on any atom is -0.506 e. The van der Waals surface area contributed by atoms with Gasteiger partial charge in [-0.15, -0.1) is 10.2 Å². The number of hydrogen-bond donors (Lipinski definition) is 2. The molecule has 8 heteroatoms. The van der Waals surface area contributed by atoms with Crippen LogP contribution in [0.4, 0.5) is 0 Å². The Labute approximate surface area is 136 Å². The van der Waals surface area contributed by atoms with Crippen LogP contribution in [0.1, 0.15) is 35.3 Å². The molecular formula is C16H16N4O4. The quantitative estimate of drug-likeness (QED) is 0.791. The Morgan fingerprint density at radius 2 is 2.25 bits per heavy atom. The van der Waals surface area contributed by atoms with E-state index in [9.17, 15) is 19.5 Å². The third-order valence-corrected chi connectivity index (χ3v) is 4.05. The number of pyridine rings is 1. The number of aromatic hydroxyl groups is 1.